The van der Waals surface area contributed by atoms with E-state index in [9.17, 15) is 9.90 Å². The lowest BCUT2D eigenvalue weighted by molar-refractivity contribution is 0.0950. The number of fused-ring (bicyclic) bond motifs is 1. The zero-order valence-corrected chi connectivity index (χ0v) is 13.6. The Kier molecular flexibility index (Phi) is 4.89. The summed E-state index contributed by atoms with van der Waals surface area (Å²) in [6.45, 7) is 2.38. The molecule has 1 amide bonds. The van der Waals surface area contributed by atoms with Crippen LogP contribution in [-0.2, 0) is 0 Å². The van der Waals surface area contributed by atoms with E-state index in [0.29, 0.717) is 17.9 Å². The van der Waals surface area contributed by atoms with Crippen LogP contribution >= 0.6 is 0 Å². The van der Waals surface area contributed by atoms with Crippen molar-refractivity contribution >= 4 is 23.0 Å². The highest BCUT2D eigenvalue weighted by Crippen LogP contribution is 2.22. The summed E-state index contributed by atoms with van der Waals surface area (Å²) in [5.41, 5.74) is 3.88. The minimum Gasteiger partial charge on any atom is -0.507 e. The molecule has 0 aliphatic carbocycles. The molecule has 3 rings (SSSR count). The molecule has 0 saturated carbocycles. The van der Waals surface area contributed by atoms with Crippen molar-refractivity contribution in [2.75, 3.05) is 6.61 Å². The van der Waals surface area contributed by atoms with E-state index in [2.05, 4.69) is 15.5 Å². The van der Waals surface area contributed by atoms with E-state index in [0.717, 1.165) is 10.9 Å². The summed E-state index contributed by atoms with van der Waals surface area (Å²) in [5.74, 6) is 0.168. The van der Waals surface area contributed by atoms with Gasteiger partial charge in [0, 0.05) is 17.0 Å². The number of amides is 1. The van der Waals surface area contributed by atoms with E-state index in [1.54, 1.807) is 18.2 Å². The molecule has 0 radical (unpaired) electrons. The van der Waals surface area contributed by atoms with Crippen LogP contribution in [0.3, 0.4) is 0 Å². The second-order valence-corrected chi connectivity index (χ2v) is 5.24. The second kappa shape index (κ2) is 7.44. The molecule has 6 heteroatoms. The monoisotopic (exact) mass is 335 g/mol. The number of phenols is 1. The van der Waals surface area contributed by atoms with Crippen LogP contribution in [0.15, 0.2) is 59.7 Å². The zero-order valence-electron chi connectivity index (χ0n) is 13.6. The van der Waals surface area contributed by atoms with E-state index < -0.39 is 5.91 Å². The number of hydrogen-bond donors (Lipinski definition) is 2. The van der Waals surface area contributed by atoms with Gasteiger partial charge in [-0.3, -0.25) is 4.79 Å². The fraction of sp³-hybridized carbons (Fsp3) is 0.105. The predicted octanol–water partition coefficient (Wildman–Crippen LogP) is 3.10. The molecule has 6 nitrogen and oxygen atoms in total. The first kappa shape index (κ1) is 16.4. The third-order valence-corrected chi connectivity index (χ3v) is 3.51. The smallest absolute Gasteiger partial charge is 0.289 e. The molecule has 0 unspecified atom stereocenters. The summed E-state index contributed by atoms with van der Waals surface area (Å²) in [7, 11) is 0. The van der Waals surface area contributed by atoms with Gasteiger partial charge in [-0.25, -0.2) is 10.4 Å². The third kappa shape index (κ3) is 3.92. The van der Waals surface area contributed by atoms with Crippen molar-refractivity contribution in [2.45, 2.75) is 6.92 Å². The van der Waals surface area contributed by atoms with Crippen molar-refractivity contribution < 1.29 is 14.6 Å². The Morgan fingerprint density at radius 2 is 2.08 bits per heavy atom. The maximum absolute atomic E-state index is 12.1. The molecule has 1 heterocycles. The zero-order chi connectivity index (χ0) is 17.6. The lowest BCUT2D eigenvalue weighted by atomic mass is 10.2. The number of rotatable bonds is 5. The van der Waals surface area contributed by atoms with Crippen LogP contribution in [0.2, 0.25) is 0 Å². The number of hydrazone groups is 1. The summed E-state index contributed by atoms with van der Waals surface area (Å²) in [6.07, 6.45) is 1.37. The van der Waals surface area contributed by atoms with Crippen molar-refractivity contribution in [1.82, 2.24) is 10.4 Å². The molecule has 2 N–H and O–H groups in total. The number of aromatic hydroxyl groups is 1. The highest BCUT2D eigenvalue weighted by Gasteiger charge is 2.07. The van der Waals surface area contributed by atoms with Gasteiger partial charge in [-0.05, 0) is 31.2 Å². The Morgan fingerprint density at radius 1 is 1.24 bits per heavy atom. The number of ether oxygens (including phenoxy) is 1. The van der Waals surface area contributed by atoms with Gasteiger partial charge in [0.2, 0.25) is 0 Å². The van der Waals surface area contributed by atoms with Crippen molar-refractivity contribution in [1.29, 1.82) is 0 Å². The molecule has 0 bridgehead atoms. The van der Waals surface area contributed by atoms with E-state index in [1.165, 1.54) is 12.3 Å². The summed E-state index contributed by atoms with van der Waals surface area (Å²) in [6, 6.07) is 15.9. The lowest BCUT2D eigenvalue weighted by Gasteiger charge is -2.05. The SMILES string of the molecule is CCOc1ccc(C=NNC(=O)c2ccc3ccccc3n2)c(O)c1. The van der Waals surface area contributed by atoms with E-state index in [4.69, 9.17) is 4.74 Å². The second-order valence-electron chi connectivity index (χ2n) is 5.24. The molecule has 126 valence electrons. The van der Waals surface area contributed by atoms with Gasteiger partial charge >= 0.3 is 0 Å². The average Bonchev–Trinajstić information content (AvgIpc) is 2.63. The first-order valence-corrected chi connectivity index (χ1v) is 7.82. The predicted molar refractivity (Wildman–Crippen MR) is 96.1 cm³/mol. The number of carbonyl (C=O) groups is 1. The Morgan fingerprint density at radius 3 is 2.88 bits per heavy atom. The number of pyridine rings is 1. The van der Waals surface area contributed by atoms with Crippen LogP contribution in [0, 0.1) is 0 Å². The number of para-hydroxylation sites is 1. The summed E-state index contributed by atoms with van der Waals surface area (Å²) >= 11 is 0. The Bertz CT molecular complexity index is 938. The summed E-state index contributed by atoms with van der Waals surface area (Å²) in [4.78, 5) is 16.4. The number of carbonyl (C=O) groups excluding carboxylic acids is 1. The largest absolute Gasteiger partial charge is 0.507 e. The van der Waals surface area contributed by atoms with Crippen LogP contribution < -0.4 is 10.2 Å². The molecule has 0 spiro atoms. The minimum atomic E-state index is -0.424. The molecular formula is C19H17N3O3. The van der Waals surface area contributed by atoms with Crippen LogP contribution in [0.5, 0.6) is 11.5 Å². The summed E-state index contributed by atoms with van der Waals surface area (Å²) in [5, 5.41) is 14.8. The Hall–Kier alpha value is -3.41. The molecule has 25 heavy (non-hydrogen) atoms. The minimum absolute atomic E-state index is 0.0211. The molecule has 3 aromatic rings. The maximum Gasteiger partial charge on any atom is 0.289 e. The number of aromatic nitrogens is 1. The number of benzene rings is 2. The first-order valence-electron chi connectivity index (χ1n) is 7.82. The molecule has 0 aliphatic rings. The molecule has 0 saturated heterocycles. The fourth-order valence-electron chi connectivity index (χ4n) is 2.30. The van der Waals surface area contributed by atoms with Crippen molar-refractivity contribution in [3.8, 4) is 11.5 Å². The highest BCUT2D eigenvalue weighted by molar-refractivity contribution is 5.95. The molecule has 1 aromatic heterocycles. The topological polar surface area (TPSA) is 83.8 Å². The maximum atomic E-state index is 12.1. The molecular weight excluding hydrogens is 318 g/mol. The molecule has 0 fully saturated rings. The van der Waals surface area contributed by atoms with Crippen LogP contribution in [-0.4, -0.2) is 28.8 Å². The quantitative estimate of drug-likeness (QED) is 0.554. The van der Waals surface area contributed by atoms with Crippen LogP contribution in [0.25, 0.3) is 10.9 Å². The number of phenolic OH excluding ortho intramolecular Hbond substituents is 1. The lowest BCUT2D eigenvalue weighted by Crippen LogP contribution is -2.18. The number of nitrogens with one attached hydrogen (secondary N) is 1. The van der Waals surface area contributed by atoms with Crippen molar-refractivity contribution in [3.05, 3.63) is 65.9 Å². The van der Waals surface area contributed by atoms with Gasteiger partial charge in [-0.1, -0.05) is 24.3 Å². The molecule has 0 atom stereocenters. The van der Waals surface area contributed by atoms with Gasteiger partial charge in [0.15, 0.2) is 0 Å². The number of hydrogen-bond acceptors (Lipinski definition) is 5. The van der Waals surface area contributed by atoms with Crippen molar-refractivity contribution in [3.63, 3.8) is 0 Å². The van der Waals surface area contributed by atoms with Gasteiger partial charge in [0.05, 0.1) is 18.3 Å². The third-order valence-electron chi connectivity index (χ3n) is 3.51. The van der Waals surface area contributed by atoms with Gasteiger partial charge in [0.1, 0.15) is 17.2 Å². The molecule has 2 aromatic carbocycles. The number of nitrogens with zero attached hydrogens (tertiary/aromatic N) is 2. The van der Waals surface area contributed by atoms with Gasteiger partial charge in [-0.2, -0.15) is 5.10 Å². The van der Waals surface area contributed by atoms with E-state index in [1.807, 2.05) is 37.3 Å². The summed E-state index contributed by atoms with van der Waals surface area (Å²) < 4.78 is 5.29. The van der Waals surface area contributed by atoms with Crippen LogP contribution in [0.4, 0.5) is 0 Å². The first-order chi connectivity index (χ1) is 12.2. The fourth-order valence-corrected chi connectivity index (χ4v) is 2.30. The van der Waals surface area contributed by atoms with Crippen molar-refractivity contribution in [2.24, 2.45) is 5.10 Å². The average molecular weight is 335 g/mol. The van der Waals surface area contributed by atoms with Gasteiger partial charge in [0.25, 0.3) is 5.91 Å². The van der Waals surface area contributed by atoms with Gasteiger partial charge < -0.3 is 9.84 Å². The Labute approximate surface area is 144 Å². The molecule has 0 aliphatic heterocycles. The normalized spacial score (nSPS) is 10.9. The standard InChI is InChI=1S/C19H17N3O3/c1-2-25-15-9-7-14(18(23)11-15)12-20-22-19(24)17-10-8-13-5-3-4-6-16(13)21-17/h3-12,23H,2H2,1H3,(H,22,24). The Balaban J connectivity index is 1.69. The highest BCUT2D eigenvalue weighted by atomic mass is 16.5. The van der Waals surface area contributed by atoms with E-state index >= 15 is 0 Å². The van der Waals surface area contributed by atoms with Crippen LogP contribution in [0.1, 0.15) is 23.0 Å². The van der Waals surface area contributed by atoms with Gasteiger partial charge in [-0.15, -0.1) is 0 Å². The van der Waals surface area contributed by atoms with E-state index in [-0.39, 0.29) is 11.4 Å².